The third kappa shape index (κ3) is 4.17. The maximum Gasteiger partial charge on any atom is 0.312 e. The van der Waals surface area contributed by atoms with Crippen LogP contribution in [0.5, 0.6) is 5.75 Å². The number of hydrogen-bond donors (Lipinski definition) is 1. The van der Waals surface area contributed by atoms with Gasteiger partial charge in [0.05, 0.1) is 4.92 Å². The van der Waals surface area contributed by atoms with E-state index in [-0.39, 0.29) is 10.6 Å². The van der Waals surface area contributed by atoms with Crippen LogP contribution in [-0.4, -0.2) is 26.4 Å². The molecule has 2 aromatic carbocycles. The number of aromatic nitrogens is 2. The smallest absolute Gasteiger partial charge is 0.312 e. The topological polar surface area (TPSA) is 102 Å². The molecule has 0 radical (unpaired) electrons. The van der Waals surface area contributed by atoms with Crippen LogP contribution in [0.15, 0.2) is 47.5 Å². The zero-order valence-corrected chi connectivity index (χ0v) is 14.2. The number of nitro groups is 1. The summed E-state index contributed by atoms with van der Waals surface area (Å²) in [6.07, 6.45) is 1.92. The average molecular weight is 375 g/mol. The Morgan fingerprint density at radius 3 is 2.76 bits per heavy atom. The third-order valence-corrected chi connectivity index (χ3v) is 4.30. The molecule has 3 rings (SSSR count). The Morgan fingerprint density at radius 1 is 1.28 bits per heavy atom. The van der Waals surface area contributed by atoms with Gasteiger partial charge in [-0.2, -0.15) is 0 Å². The predicted molar refractivity (Wildman–Crippen MR) is 96.2 cm³/mol. The van der Waals surface area contributed by atoms with Gasteiger partial charge in [-0.1, -0.05) is 53.3 Å². The van der Waals surface area contributed by atoms with E-state index in [9.17, 15) is 15.2 Å². The van der Waals surface area contributed by atoms with Gasteiger partial charge in [0.25, 0.3) is 0 Å². The van der Waals surface area contributed by atoms with E-state index >= 15 is 0 Å². The van der Waals surface area contributed by atoms with Crippen molar-refractivity contribution >= 4 is 40.0 Å². The summed E-state index contributed by atoms with van der Waals surface area (Å²) in [4.78, 5) is 14.3. The van der Waals surface area contributed by atoms with Gasteiger partial charge in [-0.05, 0) is 11.6 Å². The van der Waals surface area contributed by atoms with Crippen LogP contribution in [0.1, 0.15) is 16.1 Å². The van der Waals surface area contributed by atoms with Crippen molar-refractivity contribution in [3.63, 3.8) is 0 Å². The van der Waals surface area contributed by atoms with Gasteiger partial charge in [-0.3, -0.25) is 10.1 Å². The van der Waals surface area contributed by atoms with Crippen LogP contribution in [0, 0.1) is 10.1 Å². The number of hydrogen-bond acceptors (Lipinski definition) is 7. The lowest BCUT2D eigenvalue weighted by atomic mass is 10.2. The molecule has 1 aromatic heterocycles. The normalized spacial score (nSPS) is 11.1. The molecule has 9 heteroatoms. The fourth-order valence-electron chi connectivity index (χ4n) is 2.11. The number of aliphatic imine (C=N–C) groups is 1. The molecule has 1 heterocycles. The van der Waals surface area contributed by atoms with Crippen molar-refractivity contribution in [3.05, 3.63) is 73.7 Å². The molecule has 0 saturated heterocycles. The highest BCUT2D eigenvalue weighted by molar-refractivity contribution is 7.15. The Kier molecular flexibility index (Phi) is 5.01. The van der Waals surface area contributed by atoms with E-state index < -0.39 is 16.4 Å². The fraction of sp³-hybridized carbons (Fsp3) is 0.0625. The number of aromatic hydroxyl groups is 1. The van der Waals surface area contributed by atoms with Crippen molar-refractivity contribution in [2.75, 3.05) is 0 Å². The molecule has 0 spiro atoms. The van der Waals surface area contributed by atoms with Crippen LogP contribution in [0.2, 0.25) is 5.02 Å². The highest BCUT2D eigenvalue weighted by Crippen LogP contribution is 2.32. The molecule has 0 aliphatic rings. The SMILES string of the molecule is O=[N+]([O-])c1cc(Cl)cc(/C=N/c2nnc(Cc3ccccc3)s2)c1O. The first kappa shape index (κ1) is 17.0. The van der Waals surface area contributed by atoms with E-state index in [1.54, 1.807) is 0 Å². The summed E-state index contributed by atoms with van der Waals surface area (Å²) in [7, 11) is 0. The lowest BCUT2D eigenvalue weighted by Gasteiger charge is -2.00. The van der Waals surface area contributed by atoms with Gasteiger partial charge in [0, 0.05) is 29.3 Å². The number of rotatable bonds is 5. The average Bonchev–Trinajstić information content (AvgIpc) is 3.03. The molecule has 7 nitrogen and oxygen atoms in total. The van der Waals surface area contributed by atoms with Crippen LogP contribution in [0.25, 0.3) is 0 Å². The third-order valence-electron chi connectivity index (χ3n) is 3.25. The summed E-state index contributed by atoms with van der Waals surface area (Å²) in [6, 6.07) is 12.3. The Labute approximate surface area is 151 Å². The number of nitrogens with zero attached hydrogens (tertiary/aromatic N) is 4. The molecule has 0 fully saturated rings. The molecule has 0 aliphatic carbocycles. The quantitative estimate of drug-likeness (QED) is 0.410. The lowest BCUT2D eigenvalue weighted by molar-refractivity contribution is -0.385. The van der Waals surface area contributed by atoms with E-state index in [1.807, 2.05) is 30.3 Å². The van der Waals surface area contributed by atoms with Crippen molar-refractivity contribution in [1.82, 2.24) is 10.2 Å². The first-order chi connectivity index (χ1) is 12.0. The van der Waals surface area contributed by atoms with E-state index in [2.05, 4.69) is 15.2 Å². The van der Waals surface area contributed by atoms with Crippen molar-refractivity contribution in [2.24, 2.45) is 4.99 Å². The molecular weight excluding hydrogens is 364 g/mol. The molecule has 25 heavy (non-hydrogen) atoms. The Morgan fingerprint density at radius 2 is 2.04 bits per heavy atom. The predicted octanol–water partition coefficient (Wildman–Crippen LogP) is 4.15. The summed E-state index contributed by atoms with van der Waals surface area (Å²) in [6.45, 7) is 0. The maximum atomic E-state index is 10.9. The van der Waals surface area contributed by atoms with Crippen LogP contribution >= 0.6 is 22.9 Å². The van der Waals surface area contributed by atoms with Crippen LogP contribution in [0.4, 0.5) is 10.8 Å². The summed E-state index contributed by atoms with van der Waals surface area (Å²) < 4.78 is 0. The number of benzene rings is 2. The Bertz CT molecular complexity index is 944. The highest BCUT2D eigenvalue weighted by Gasteiger charge is 2.17. The molecule has 3 aromatic rings. The second kappa shape index (κ2) is 7.37. The van der Waals surface area contributed by atoms with Crippen LogP contribution in [-0.2, 0) is 6.42 Å². The molecule has 0 bridgehead atoms. The molecule has 0 unspecified atom stereocenters. The number of halogens is 1. The van der Waals surface area contributed by atoms with Gasteiger partial charge >= 0.3 is 5.69 Å². The minimum absolute atomic E-state index is 0.132. The first-order valence-corrected chi connectivity index (χ1v) is 8.29. The van der Waals surface area contributed by atoms with Gasteiger partial charge in [0.1, 0.15) is 5.01 Å². The standard InChI is InChI=1S/C16H11ClN4O3S/c17-12-7-11(15(22)13(8-12)21(23)24)9-18-16-20-19-14(25-16)6-10-4-2-1-3-5-10/h1-5,7-9,22H,6H2/b18-9+. The first-order valence-electron chi connectivity index (χ1n) is 7.10. The zero-order chi connectivity index (χ0) is 17.8. The zero-order valence-electron chi connectivity index (χ0n) is 12.7. The van der Waals surface area contributed by atoms with Crippen molar-refractivity contribution in [1.29, 1.82) is 0 Å². The minimum atomic E-state index is -0.707. The molecule has 0 aliphatic heterocycles. The number of phenolic OH excluding ortho intramolecular Hbond substituents is 1. The van der Waals surface area contributed by atoms with E-state index in [4.69, 9.17) is 11.6 Å². The van der Waals surface area contributed by atoms with Crippen molar-refractivity contribution in [3.8, 4) is 5.75 Å². The second-order valence-electron chi connectivity index (χ2n) is 5.02. The molecule has 0 saturated carbocycles. The Balaban J connectivity index is 1.80. The Hall–Kier alpha value is -2.84. The molecule has 0 atom stereocenters. The molecule has 0 amide bonds. The van der Waals surface area contributed by atoms with Gasteiger partial charge in [0.2, 0.25) is 10.9 Å². The highest BCUT2D eigenvalue weighted by atomic mass is 35.5. The fourth-order valence-corrected chi connectivity index (χ4v) is 3.05. The summed E-state index contributed by atoms with van der Waals surface area (Å²) in [5, 5.41) is 30.2. The van der Waals surface area contributed by atoms with Crippen molar-refractivity contribution in [2.45, 2.75) is 6.42 Å². The monoisotopic (exact) mass is 374 g/mol. The summed E-state index contributed by atoms with van der Waals surface area (Å²) in [5.41, 5.74) is 0.771. The van der Waals surface area contributed by atoms with Gasteiger partial charge in [0.15, 0.2) is 0 Å². The maximum absolute atomic E-state index is 10.9. The summed E-state index contributed by atoms with van der Waals surface area (Å²) in [5.74, 6) is -0.493. The van der Waals surface area contributed by atoms with E-state index in [1.165, 1.54) is 23.6 Å². The molecule has 1 N–H and O–H groups in total. The largest absolute Gasteiger partial charge is 0.502 e. The number of nitro benzene ring substituents is 1. The second-order valence-corrected chi connectivity index (χ2v) is 6.50. The van der Waals surface area contributed by atoms with Gasteiger partial charge < -0.3 is 5.11 Å². The van der Waals surface area contributed by atoms with Crippen LogP contribution < -0.4 is 0 Å². The van der Waals surface area contributed by atoms with Gasteiger partial charge in [-0.15, -0.1) is 10.2 Å². The van der Waals surface area contributed by atoms with Crippen LogP contribution in [0.3, 0.4) is 0 Å². The lowest BCUT2D eigenvalue weighted by Crippen LogP contribution is -1.92. The molecular formula is C16H11ClN4O3S. The summed E-state index contributed by atoms with van der Waals surface area (Å²) >= 11 is 7.14. The van der Waals surface area contributed by atoms with Gasteiger partial charge in [-0.25, -0.2) is 4.99 Å². The van der Waals surface area contributed by atoms with E-state index in [0.29, 0.717) is 11.6 Å². The van der Waals surface area contributed by atoms with E-state index in [0.717, 1.165) is 16.6 Å². The molecule has 126 valence electrons. The number of phenols is 1. The van der Waals surface area contributed by atoms with Crippen molar-refractivity contribution < 1.29 is 10.0 Å². The minimum Gasteiger partial charge on any atom is -0.502 e.